The van der Waals surface area contributed by atoms with E-state index in [1.807, 2.05) is 6.07 Å². The Balaban J connectivity index is 1.69. The number of imide groups is 1. The second kappa shape index (κ2) is 4.89. The van der Waals surface area contributed by atoms with E-state index in [1.54, 1.807) is 11.8 Å². The Kier molecular flexibility index (Phi) is 3.06. The minimum Gasteiger partial charge on any atom is -0.320 e. The number of carbonyl (C=O) groups excluding carboxylic acids is 3. The fraction of sp³-hybridized carbons (Fsp3) is 0.471. The SMILES string of the molecule is CC1(N2Cc3cc4c(cc3C2=O)CCNC4)CCC(=O)NC1=O. The molecule has 3 aliphatic rings. The molecule has 6 heteroatoms. The largest absolute Gasteiger partial charge is 0.320 e. The van der Waals surface area contributed by atoms with Crippen molar-refractivity contribution < 1.29 is 14.4 Å². The Hall–Kier alpha value is -2.21. The van der Waals surface area contributed by atoms with Gasteiger partial charge in [-0.05, 0) is 49.1 Å². The van der Waals surface area contributed by atoms with E-state index in [1.165, 1.54) is 11.1 Å². The Morgan fingerprint density at radius 2 is 1.91 bits per heavy atom. The van der Waals surface area contributed by atoms with E-state index in [0.717, 1.165) is 25.1 Å². The predicted octanol–water partition coefficient (Wildman–Crippen LogP) is 0.483. The number of nitrogens with one attached hydrogen (secondary N) is 2. The van der Waals surface area contributed by atoms with Crippen molar-refractivity contribution in [3.05, 3.63) is 34.4 Å². The molecule has 0 aliphatic carbocycles. The molecule has 3 heterocycles. The number of nitrogens with zero attached hydrogens (tertiary/aromatic N) is 1. The summed E-state index contributed by atoms with van der Waals surface area (Å²) < 4.78 is 0. The predicted molar refractivity (Wildman–Crippen MR) is 82.5 cm³/mol. The average Bonchev–Trinajstić information content (AvgIpc) is 2.86. The Bertz CT molecular complexity index is 743. The van der Waals surface area contributed by atoms with Gasteiger partial charge in [0.05, 0.1) is 0 Å². The highest BCUT2D eigenvalue weighted by Crippen LogP contribution is 2.35. The van der Waals surface area contributed by atoms with Crippen molar-refractivity contribution in [1.82, 2.24) is 15.5 Å². The van der Waals surface area contributed by atoms with Gasteiger partial charge in [0.1, 0.15) is 5.54 Å². The molecule has 4 rings (SSSR count). The maximum atomic E-state index is 12.9. The lowest BCUT2D eigenvalue weighted by Crippen LogP contribution is -2.61. The zero-order valence-electron chi connectivity index (χ0n) is 13.1. The van der Waals surface area contributed by atoms with Crippen LogP contribution in [0.1, 0.15) is 46.8 Å². The van der Waals surface area contributed by atoms with E-state index in [-0.39, 0.29) is 24.1 Å². The lowest BCUT2D eigenvalue weighted by molar-refractivity contribution is -0.142. The molecule has 1 unspecified atom stereocenters. The van der Waals surface area contributed by atoms with Gasteiger partial charge in [0.15, 0.2) is 0 Å². The van der Waals surface area contributed by atoms with Crippen LogP contribution in [0.5, 0.6) is 0 Å². The zero-order chi connectivity index (χ0) is 16.2. The van der Waals surface area contributed by atoms with Gasteiger partial charge in [-0.25, -0.2) is 0 Å². The van der Waals surface area contributed by atoms with Crippen LogP contribution in [-0.4, -0.2) is 34.7 Å². The van der Waals surface area contributed by atoms with E-state index in [9.17, 15) is 14.4 Å². The monoisotopic (exact) mass is 313 g/mol. The molecule has 2 N–H and O–H groups in total. The highest BCUT2D eigenvalue weighted by atomic mass is 16.2. The smallest absolute Gasteiger partial charge is 0.255 e. The first kappa shape index (κ1) is 14.4. The molecule has 0 bridgehead atoms. The van der Waals surface area contributed by atoms with Gasteiger partial charge in [0, 0.05) is 25.1 Å². The quantitative estimate of drug-likeness (QED) is 0.739. The molecule has 120 valence electrons. The van der Waals surface area contributed by atoms with Crippen LogP contribution < -0.4 is 10.6 Å². The van der Waals surface area contributed by atoms with E-state index in [2.05, 4.69) is 16.7 Å². The number of hydrogen-bond donors (Lipinski definition) is 2. The third-order valence-corrected chi connectivity index (χ3v) is 5.29. The maximum absolute atomic E-state index is 12.9. The van der Waals surface area contributed by atoms with Crippen LogP contribution in [0, 0.1) is 0 Å². The molecule has 1 atom stereocenters. The average molecular weight is 313 g/mol. The van der Waals surface area contributed by atoms with Crippen molar-refractivity contribution >= 4 is 17.7 Å². The summed E-state index contributed by atoms with van der Waals surface area (Å²) in [5.41, 5.74) is 3.17. The van der Waals surface area contributed by atoms with Crippen LogP contribution in [0.15, 0.2) is 12.1 Å². The molecular weight excluding hydrogens is 294 g/mol. The number of fused-ring (bicyclic) bond motifs is 2. The molecule has 0 radical (unpaired) electrons. The first-order valence-electron chi connectivity index (χ1n) is 8.01. The molecule has 1 aromatic rings. The van der Waals surface area contributed by atoms with Gasteiger partial charge in [0.2, 0.25) is 5.91 Å². The number of carbonyl (C=O) groups is 3. The number of benzene rings is 1. The summed E-state index contributed by atoms with van der Waals surface area (Å²) in [5, 5.41) is 5.70. The zero-order valence-corrected chi connectivity index (χ0v) is 13.1. The van der Waals surface area contributed by atoms with Gasteiger partial charge in [-0.2, -0.15) is 0 Å². The number of piperidine rings is 1. The summed E-state index contributed by atoms with van der Waals surface area (Å²) in [7, 11) is 0. The third kappa shape index (κ3) is 2.09. The minimum absolute atomic E-state index is 0.103. The molecule has 6 nitrogen and oxygen atoms in total. The van der Waals surface area contributed by atoms with Gasteiger partial charge < -0.3 is 10.2 Å². The molecule has 3 amide bonds. The molecular formula is C17H19N3O3. The normalized spacial score (nSPS) is 26.8. The van der Waals surface area contributed by atoms with Crippen LogP contribution in [0.3, 0.4) is 0 Å². The van der Waals surface area contributed by atoms with E-state index >= 15 is 0 Å². The fourth-order valence-electron chi connectivity index (χ4n) is 3.75. The van der Waals surface area contributed by atoms with E-state index in [4.69, 9.17) is 0 Å². The highest BCUT2D eigenvalue weighted by molar-refractivity contribution is 6.07. The van der Waals surface area contributed by atoms with Crippen LogP contribution in [-0.2, 0) is 29.1 Å². The minimum atomic E-state index is -0.956. The van der Waals surface area contributed by atoms with Crippen LogP contribution in [0.2, 0.25) is 0 Å². The molecule has 23 heavy (non-hydrogen) atoms. The second-order valence-electron chi connectivity index (χ2n) is 6.75. The molecule has 0 aromatic heterocycles. The Morgan fingerprint density at radius 1 is 1.09 bits per heavy atom. The Labute approximate surface area is 134 Å². The van der Waals surface area contributed by atoms with Gasteiger partial charge >= 0.3 is 0 Å². The van der Waals surface area contributed by atoms with Crippen LogP contribution in [0.25, 0.3) is 0 Å². The third-order valence-electron chi connectivity index (χ3n) is 5.29. The topological polar surface area (TPSA) is 78.5 Å². The van der Waals surface area contributed by atoms with Gasteiger partial charge in [-0.15, -0.1) is 0 Å². The standard InChI is InChI=1S/C17H19N3O3/c1-17(4-2-14(21)19-16(17)23)20-9-12-6-11-8-18-5-3-10(11)7-13(12)15(20)22/h6-7,18H,2-5,8-9H2,1H3,(H,19,21,23). The van der Waals surface area contributed by atoms with E-state index in [0.29, 0.717) is 18.5 Å². The van der Waals surface area contributed by atoms with Crippen LogP contribution in [0.4, 0.5) is 0 Å². The molecule has 1 saturated heterocycles. The van der Waals surface area contributed by atoms with Crippen molar-refractivity contribution in [2.24, 2.45) is 0 Å². The lowest BCUT2D eigenvalue weighted by atomic mass is 9.89. The molecule has 0 spiro atoms. The highest BCUT2D eigenvalue weighted by Gasteiger charge is 2.48. The van der Waals surface area contributed by atoms with Crippen LogP contribution >= 0.6 is 0 Å². The summed E-state index contributed by atoms with van der Waals surface area (Å²) in [5.74, 6) is -0.743. The van der Waals surface area contributed by atoms with Crippen molar-refractivity contribution in [3.63, 3.8) is 0 Å². The summed E-state index contributed by atoms with van der Waals surface area (Å²) in [6, 6.07) is 4.08. The van der Waals surface area contributed by atoms with Gasteiger partial charge in [-0.3, -0.25) is 19.7 Å². The number of hydrogen-bond acceptors (Lipinski definition) is 4. The molecule has 1 fully saturated rings. The molecule has 3 aliphatic heterocycles. The van der Waals surface area contributed by atoms with Gasteiger partial charge in [-0.1, -0.05) is 6.07 Å². The molecule has 1 aromatic carbocycles. The first-order chi connectivity index (χ1) is 11.0. The van der Waals surface area contributed by atoms with Crippen molar-refractivity contribution in [3.8, 4) is 0 Å². The summed E-state index contributed by atoms with van der Waals surface area (Å²) in [4.78, 5) is 38.2. The lowest BCUT2D eigenvalue weighted by Gasteiger charge is -2.39. The fourth-order valence-corrected chi connectivity index (χ4v) is 3.75. The summed E-state index contributed by atoms with van der Waals surface area (Å²) in [6.45, 7) is 3.93. The Morgan fingerprint density at radius 3 is 2.70 bits per heavy atom. The summed E-state index contributed by atoms with van der Waals surface area (Å²) in [6.07, 6.45) is 1.56. The van der Waals surface area contributed by atoms with Crippen molar-refractivity contribution in [2.45, 2.75) is 44.8 Å². The van der Waals surface area contributed by atoms with Crippen molar-refractivity contribution in [1.29, 1.82) is 0 Å². The molecule has 0 saturated carbocycles. The second-order valence-corrected chi connectivity index (χ2v) is 6.75. The van der Waals surface area contributed by atoms with Gasteiger partial charge in [0.25, 0.3) is 11.8 Å². The maximum Gasteiger partial charge on any atom is 0.255 e. The summed E-state index contributed by atoms with van der Waals surface area (Å²) >= 11 is 0. The number of rotatable bonds is 1. The van der Waals surface area contributed by atoms with Crippen molar-refractivity contribution in [2.75, 3.05) is 6.54 Å². The van der Waals surface area contributed by atoms with E-state index < -0.39 is 5.54 Å². The number of amides is 3. The first-order valence-corrected chi connectivity index (χ1v) is 8.01.